The standard InChI is InChI=1S/C16H26ClNS/c1-4-9-18-15(12-19-11-13(2)3)10-14-7-5-6-8-16(14)17/h5-8,13,15,18H,4,9-12H2,1-3H3. The fourth-order valence-corrected chi connectivity index (χ4v) is 3.25. The third-order valence-corrected chi connectivity index (χ3v) is 4.79. The molecule has 1 nitrogen and oxygen atoms in total. The van der Waals surface area contributed by atoms with E-state index in [9.17, 15) is 0 Å². The zero-order chi connectivity index (χ0) is 14.1. The first-order chi connectivity index (χ1) is 9.13. The summed E-state index contributed by atoms with van der Waals surface area (Å²) in [6.07, 6.45) is 2.19. The molecule has 0 saturated carbocycles. The molecule has 0 amide bonds. The van der Waals surface area contributed by atoms with Gasteiger partial charge in [-0.2, -0.15) is 11.8 Å². The Morgan fingerprint density at radius 3 is 2.58 bits per heavy atom. The first-order valence-corrected chi connectivity index (χ1v) is 8.71. The average Bonchev–Trinajstić information content (AvgIpc) is 2.37. The van der Waals surface area contributed by atoms with Crippen molar-refractivity contribution in [1.82, 2.24) is 5.32 Å². The van der Waals surface area contributed by atoms with Crippen molar-refractivity contribution in [3.63, 3.8) is 0 Å². The molecule has 1 atom stereocenters. The van der Waals surface area contributed by atoms with Gasteiger partial charge in [-0.3, -0.25) is 0 Å². The van der Waals surface area contributed by atoms with Gasteiger partial charge in [0.15, 0.2) is 0 Å². The molecule has 0 fully saturated rings. The Kier molecular flexibility index (Phi) is 8.60. The summed E-state index contributed by atoms with van der Waals surface area (Å²) in [5, 5.41) is 4.53. The minimum Gasteiger partial charge on any atom is -0.313 e. The second kappa shape index (κ2) is 9.68. The van der Waals surface area contributed by atoms with E-state index in [0.717, 1.165) is 29.7 Å². The van der Waals surface area contributed by atoms with Crippen molar-refractivity contribution < 1.29 is 0 Å². The number of thioether (sulfide) groups is 1. The molecule has 0 aromatic heterocycles. The van der Waals surface area contributed by atoms with Crippen LogP contribution in [0, 0.1) is 5.92 Å². The van der Waals surface area contributed by atoms with Crippen molar-refractivity contribution in [3.8, 4) is 0 Å². The molecule has 0 heterocycles. The van der Waals surface area contributed by atoms with Gasteiger partial charge in [0, 0.05) is 16.8 Å². The summed E-state index contributed by atoms with van der Waals surface area (Å²) in [4.78, 5) is 0. The van der Waals surface area contributed by atoms with Crippen LogP contribution in [0.1, 0.15) is 32.8 Å². The third-order valence-electron chi connectivity index (χ3n) is 2.88. The van der Waals surface area contributed by atoms with Gasteiger partial charge >= 0.3 is 0 Å². The monoisotopic (exact) mass is 299 g/mol. The van der Waals surface area contributed by atoms with E-state index in [2.05, 4.69) is 38.2 Å². The van der Waals surface area contributed by atoms with E-state index in [1.54, 1.807) is 0 Å². The number of nitrogens with one attached hydrogen (secondary N) is 1. The molecule has 0 aliphatic heterocycles. The molecule has 3 heteroatoms. The topological polar surface area (TPSA) is 12.0 Å². The Balaban J connectivity index is 2.51. The van der Waals surface area contributed by atoms with Crippen LogP contribution in [0.15, 0.2) is 24.3 Å². The van der Waals surface area contributed by atoms with E-state index < -0.39 is 0 Å². The Bertz CT molecular complexity index is 354. The maximum Gasteiger partial charge on any atom is 0.0438 e. The van der Waals surface area contributed by atoms with Crippen LogP contribution in [0.25, 0.3) is 0 Å². The fourth-order valence-electron chi connectivity index (χ4n) is 1.91. The lowest BCUT2D eigenvalue weighted by Gasteiger charge is -2.19. The zero-order valence-corrected chi connectivity index (χ0v) is 13.9. The Labute approximate surface area is 127 Å². The minimum absolute atomic E-state index is 0.517. The van der Waals surface area contributed by atoms with Crippen LogP contribution in [0.4, 0.5) is 0 Å². The average molecular weight is 300 g/mol. The van der Waals surface area contributed by atoms with Crippen LogP contribution in [0.3, 0.4) is 0 Å². The summed E-state index contributed by atoms with van der Waals surface area (Å²) in [6.45, 7) is 7.84. The number of hydrogen-bond acceptors (Lipinski definition) is 2. The molecular formula is C16H26ClNS. The Morgan fingerprint density at radius 1 is 1.21 bits per heavy atom. The summed E-state index contributed by atoms with van der Waals surface area (Å²) in [7, 11) is 0. The molecule has 0 aliphatic rings. The second-order valence-corrected chi connectivity index (χ2v) is 6.86. The molecule has 0 saturated heterocycles. The number of halogens is 1. The van der Waals surface area contributed by atoms with Crippen LogP contribution in [-0.4, -0.2) is 24.1 Å². The van der Waals surface area contributed by atoms with Gasteiger partial charge < -0.3 is 5.32 Å². The highest BCUT2D eigenvalue weighted by Crippen LogP contribution is 2.18. The number of benzene rings is 1. The molecule has 1 unspecified atom stereocenters. The highest BCUT2D eigenvalue weighted by Gasteiger charge is 2.11. The lowest BCUT2D eigenvalue weighted by molar-refractivity contribution is 0.549. The van der Waals surface area contributed by atoms with Gasteiger partial charge in [-0.25, -0.2) is 0 Å². The predicted molar refractivity (Wildman–Crippen MR) is 89.4 cm³/mol. The molecule has 0 spiro atoms. The third kappa shape index (κ3) is 7.24. The SMILES string of the molecule is CCCNC(CSCC(C)C)Cc1ccccc1Cl. The van der Waals surface area contributed by atoms with Gasteiger partial charge in [-0.05, 0) is 42.7 Å². The van der Waals surface area contributed by atoms with Crippen LogP contribution < -0.4 is 5.32 Å². The summed E-state index contributed by atoms with van der Waals surface area (Å²) < 4.78 is 0. The van der Waals surface area contributed by atoms with E-state index in [-0.39, 0.29) is 0 Å². The molecule has 1 rings (SSSR count). The first kappa shape index (κ1) is 16.9. The van der Waals surface area contributed by atoms with Crippen molar-refractivity contribution in [2.24, 2.45) is 5.92 Å². The maximum absolute atomic E-state index is 6.25. The van der Waals surface area contributed by atoms with Crippen molar-refractivity contribution in [1.29, 1.82) is 0 Å². The first-order valence-electron chi connectivity index (χ1n) is 7.18. The van der Waals surface area contributed by atoms with Gasteiger partial charge in [-0.1, -0.05) is 50.6 Å². The molecular weight excluding hydrogens is 274 g/mol. The van der Waals surface area contributed by atoms with Gasteiger partial charge in [0.05, 0.1) is 0 Å². The fraction of sp³-hybridized carbons (Fsp3) is 0.625. The second-order valence-electron chi connectivity index (χ2n) is 5.38. The van der Waals surface area contributed by atoms with Gasteiger partial charge in [0.2, 0.25) is 0 Å². The minimum atomic E-state index is 0.517. The van der Waals surface area contributed by atoms with Crippen LogP contribution in [0.5, 0.6) is 0 Å². The zero-order valence-electron chi connectivity index (χ0n) is 12.3. The highest BCUT2D eigenvalue weighted by atomic mass is 35.5. The van der Waals surface area contributed by atoms with Crippen molar-refractivity contribution in [3.05, 3.63) is 34.9 Å². The quantitative estimate of drug-likeness (QED) is 0.713. The van der Waals surface area contributed by atoms with E-state index >= 15 is 0 Å². The molecule has 1 aromatic carbocycles. The van der Waals surface area contributed by atoms with E-state index in [4.69, 9.17) is 11.6 Å². The van der Waals surface area contributed by atoms with Crippen LogP contribution in [-0.2, 0) is 6.42 Å². The molecule has 1 aromatic rings. The molecule has 19 heavy (non-hydrogen) atoms. The smallest absolute Gasteiger partial charge is 0.0438 e. The normalized spacial score (nSPS) is 12.9. The molecule has 108 valence electrons. The van der Waals surface area contributed by atoms with Crippen molar-refractivity contribution in [2.75, 3.05) is 18.1 Å². The van der Waals surface area contributed by atoms with E-state index in [0.29, 0.717) is 6.04 Å². The Morgan fingerprint density at radius 2 is 1.95 bits per heavy atom. The molecule has 1 N–H and O–H groups in total. The van der Waals surface area contributed by atoms with E-state index in [1.807, 2.05) is 23.9 Å². The predicted octanol–water partition coefficient (Wildman–Crippen LogP) is 4.64. The van der Waals surface area contributed by atoms with Crippen LogP contribution in [0.2, 0.25) is 5.02 Å². The summed E-state index contributed by atoms with van der Waals surface area (Å²) in [6, 6.07) is 8.70. The molecule has 0 bridgehead atoms. The van der Waals surface area contributed by atoms with Gasteiger partial charge in [0.25, 0.3) is 0 Å². The largest absolute Gasteiger partial charge is 0.313 e. The number of rotatable bonds is 9. The summed E-state index contributed by atoms with van der Waals surface area (Å²) >= 11 is 8.29. The maximum atomic E-state index is 6.25. The highest BCUT2D eigenvalue weighted by molar-refractivity contribution is 7.99. The number of hydrogen-bond donors (Lipinski definition) is 1. The Hall–Kier alpha value is -0.180. The van der Waals surface area contributed by atoms with Crippen molar-refractivity contribution in [2.45, 2.75) is 39.7 Å². The lowest BCUT2D eigenvalue weighted by atomic mass is 10.1. The summed E-state index contributed by atoms with van der Waals surface area (Å²) in [5.41, 5.74) is 1.25. The summed E-state index contributed by atoms with van der Waals surface area (Å²) in [5.74, 6) is 3.15. The van der Waals surface area contributed by atoms with Gasteiger partial charge in [-0.15, -0.1) is 0 Å². The molecule has 0 radical (unpaired) electrons. The van der Waals surface area contributed by atoms with Crippen LogP contribution >= 0.6 is 23.4 Å². The van der Waals surface area contributed by atoms with Gasteiger partial charge in [0.1, 0.15) is 0 Å². The van der Waals surface area contributed by atoms with Crippen molar-refractivity contribution >= 4 is 23.4 Å². The molecule has 0 aliphatic carbocycles. The lowest BCUT2D eigenvalue weighted by Crippen LogP contribution is -2.34. The van der Waals surface area contributed by atoms with E-state index in [1.165, 1.54) is 17.7 Å².